The summed E-state index contributed by atoms with van der Waals surface area (Å²) >= 11 is 0. The number of carbonyl (C=O) groups excluding carboxylic acids is 2. The molecule has 0 unspecified atom stereocenters. The third-order valence-electron chi connectivity index (χ3n) is 4.16. The lowest BCUT2D eigenvalue weighted by molar-refractivity contribution is -0.121. The fourth-order valence-electron chi connectivity index (χ4n) is 2.85. The first-order valence-electron chi connectivity index (χ1n) is 7.98. The molecule has 1 aromatic carbocycles. The molecule has 1 aliphatic heterocycles. The van der Waals surface area contributed by atoms with Crippen molar-refractivity contribution in [2.45, 2.75) is 25.3 Å². The molecule has 126 valence electrons. The van der Waals surface area contributed by atoms with Crippen molar-refractivity contribution in [1.82, 2.24) is 10.2 Å². The number of carbonyl (C=O) groups is 2. The molecule has 0 aliphatic carbocycles. The lowest BCUT2D eigenvalue weighted by Crippen LogP contribution is -2.46. The minimum absolute atomic E-state index is 0.0543. The van der Waals surface area contributed by atoms with E-state index in [0.717, 1.165) is 5.56 Å². The number of rotatable bonds is 4. The van der Waals surface area contributed by atoms with Gasteiger partial charge in [-0.3, -0.25) is 9.59 Å². The molecule has 0 spiro atoms. The second-order valence-electron chi connectivity index (χ2n) is 5.91. The number of furan rings is 1. The molecule has 1 fully saturated rings. The van der Waals surface area contributed by atoms with Crippen LogP contribution in [0.3, 0.4) is 0 Å². The maximum absolute atomic E-state index is 12.9. The Bertz CT molecular complexity index is 690. The van der Waals surface area contributed by atoms with Gasteiger partial charge in [-0.1, -0.05) is 12.1 Å². The van der Waals surface area contributed by atoms with Crippen LogP contribution in [0.15, 0.2) is 47.1 Å². The van der Waals surface area contributed by atoms with E-state index in [1.54, 1.807) is 29.2 Å². The molecule has 1 aliphatic rings. The van der Waals surface area contributed by atoms with Crippen molar-refractivity contribution in [1.29, 1.82) is 0 Å². The number of benzene rings is 1. The van der Waals surface area contributed by atoms with Gasteiger partial charge in [-0.25, -0.2) is 4.39 Å². The van der Waals surface area contributed by atoms with Crippen LogP contribution in [0.4, 0.5) is 4.39 Å². The topological polar surface area (TPSA) is 62.6 Å². The Morgan fingerprint density at radius 1 is 1.17 bits per heavy atom. The first kappa shape index (κ1) is 16.2. The highest BCUT2D eigenvalue weighted by molar-refractivity contribution is 5.91. The molecule has 0 atom stereocenters. The second kappa shape index (κ2) is 7.29. The van der Waals surface area contributed by atoms with E-state index < -0.39 is 0 Å². The predicted octanol–water partition coefficient (Wildman–Crippen LogP) is 2.38. The van der Waals surface area contributed by atoms with Crippen LogP contribution in [0.25, 0.3) is 0 Å². The molecule has 0 saturated carbocycles. The van der Waals surface area contributed by atoms with E-state index in [1.165, 1.54) is 18.4 Å². The van der Waals surface area contributed by atoms with Gasteiger partial charge in [-0.05, 0) is 42.7 Å². The maximum Gasteiger partial charge on any atom is 0.289 e. The smallest absolute Gasteiger partial charge is 0.289 e. The highest BCUT2D eigenvalue weighted by atomic mass is 19.1. The van der Waals surface area contributed by atoms with E-state index in [1.807, 2.05) is 0 Å². The van der Waals surface area contributed by atoms with Gasteiger partial charge in [0, 0.05) is 19.1 Å². The van der Waals surface area contributed by atoms with Crippen molar-refractivity contribution in [3.63, 3.8) is 0 Å². The fraction of sp³-hybridized carbons (Fsp3) is 0.333. The largest absolute Gasteiger partial charge is 0.459 e. The first-order valence-corrected chi connectivity index (χ1v) is 7.98. The van der Waals surface area contributed by atoms with Gasteiger partial charge in [0.25, 0.3) is 5.91 Å². The van der Waals surface area contributed by atoms with Crippen LogP contribution >= 0.6 is 0 Å². The van der Waals surface area contributed by atoms with Gasteiger partial charge >= 0.3 is 0 Å². The number of nitrogens with one attached hydrogen (secondary N) is 1. The van der Waals surface area contributed by atoms with E-state index in [4.69, 9.17) is 4.42 Å². The highest BCUT2D eigenvalue weighted by Gasteiger charge is 2.25. The molecular formula is C18H19FN2O3. The molecule has 1 saturated heterocycles. The van der Waals surface area contributed by atoms with Gasteiger partial charge < -0.3 is 14.6 Å². The van der Waals surface area contributed by atoms with Gasteiger partial charge in [-0.15, -0.1) is 0 Å². The Morgan fingerprint density at radius 3 is 2.50 bits per heavy atom. The average Bonchev–Trinajstić information content (AvgIpc) is 3.11. The third kappa shape index (κ3) is 4.01. The van der Waals surface area contributed by atoms with Crippen LogP contribution in [-0.4, -0.2) is 35.8 Å². The summed E-state index contributed by atoms with van der Waals surface area (Å²) in [4.78, 5) is 26.0. The van der Waals surface area contributed by atoms with Crippen molar-refractivity contribution < 1.29 is 18.4 Å². The second-order valence-corrected chi connectivity index (χ2v) is 5.91. The Balaban J connectivity index is 1.46. The van der Waals surface area contributed by atoms with Crippen molar-refractivity contribution in [3.05, 3.63) is 59.8 Å². The van der Waals surface area contributed by atoms with Gasteiger partial charge in [0.1, 0.15) is 5.82 Å². The number of likely N-dealkylation sites (tertiary alicyclic amines) is 1. The number of piperidine rings is 1. The van der Waals surface area contributed by atoms with E-state index >= 15 is 0 Å². The molecular weight excluding hydrogens is 311 g/mol. The molecule has 3 rings (SSSR count). The Kier molecular flexibility index (Phi) is 4.93. The summed E-state index contributed by atoms with van der Waals surface area (Å²) in [6.07, 6.45) is 3.13. The van der Waals surface area contributed by atoms with Crippen LogP contribution in [0.2, 0.25) is 0 Å². The van der Waals surface area contributed by atoms with Crippen molar-refractivity contribution in [2.24, 2.45) is 0 Å². The van der Waals surface area contributed by atoms with Crippen LogP contribution in [0.1, 0.15) is 29.0 Å². The van der Waals surface area contributed by atoms with E-state index in [2.05, 4.69) is 5.32 Å². The normalized spacial score (nSPS) is 15.3. The van der Waals surface area contributed by atoms with Crippen LogP contribution in [-0.2, 0) is 11.2 Å². The lowest BCUT2D eigenvalue weighted by Gasteiger charge is -2.31. The monoisotopic (exact) mass is 330 g/mol. The average molecular weight is 330 g/mol. The number of hydrogen-bond acceptors (Lipinski definition) is 3. The number of nitrogens with zero attached hydrogens (tertiary/aromatic N) is 1. The molecule has 2 heterocycles. The molecule has 0 radical (unpaired) electrons. The summed E-state index contributed by atoms with van der Waals surface area (Å²) in [7, 11) is 0. The molecule has 1 N–H and O–H groups in total. The fourth-order valence-corrected chi connectivity index (χ4v) is 2.85. The summed E-state index contributed by atoms with van der Waals surface area (Å²) in [5, 5.41) is 2.98. The SMILES string of the molecule is O=C(Cc1ccc(F)cc1)NC1CCN(C(=O)c2ccco2)CC1. The van der Waals surface area contributed by atoms with Crippen molar-refractivity contribution in [3.8, 4) is 0 Å². The van der Waals surface area contributed by atoms with E-state index in [0.29, 0.717) is 31.7 Å². The summed E-state index contributed by atoms with van der Waals surface area (Å²) in [5.74, 6) is -0.171. The molecule has 0 bridgehead atoms. The molecule has 2 aromatic rings. The van der Waals surface area contributed by atoms with E-state index in [-0.39, 0.29) is 30.1 Å². The minimum atomic E-state index is -0.312. The summed E-state index contributed by atoms with van der Waals surface area (Å²) < 4.78 is 18.0. The quantitative estimate of drug-likeness (QED) is 0.936. The van der Waals surface area contributed by atoms with Crippen molar-refractivity contribution in [2.75, 3.05) is 13.1 Å². The zero-order valence-corrected chi connectivity index (χ0v) is 13.2. The molecule has 24 heavy (non-hydrogen) atoms. The van der Waals surface area contributed by atoms with Crippen molar-refractivity contribution >= 4 is 11.8 Å². The standard InChI is InChI=1S/C18H19FN2O3/c19-14-5-3-13(4-6-14)12-17(22)20-15-7-9-21(10-8-15)18(23)16-2-1-11-24-16/h1-6,11,15H,7-10,12H2,(H,20,22). The zero-order chi connectivity index (χ0) is 16.9. The van der Waals surface area contributed by atoms with Crippen LogP contribution in [0, 0.1) is 5.82 Å². The van der Waals surface area contributed by atoms with Gasteiger partial charge in [0.15, 0.2) is 5.76 Å². The number of halogens is 1. The highest BCUT2D eigenvalue weighted by Crippen LogP contribution is 2.14. The lowest BCUT2D eigenvalue weighted by atomic mass is 10.0. The molecule has 1 aromatic heterocycles. The minimum Gasteiger partial charge on any atom is -0.459 e. The predicted molar refractivity (Wildman–Crippen MR) is 85.9 cm³/mol. The summed E-state index contributed by atoms with van der Waals surface area (Å²) in [6.45, 7) is 1.17. The Morgan fingerprint density at radius 2 is 1.88 bits per heavy atom. The Hall–Kier alpha value is -2.63. The first-order chi connectivity index (χ1) is 11.6. The number of amides is 2. The summed E-state index contributed by atoms with van der Waals surface area (Å²) in [5.41, 5.74) is 0.777. The molecule has 2 amide bonds. The zero-order valence-electron chi connectivity index (χ0n) is 13.2. The van der Waals surface area contributed by atoms with Gasteiger partial charge in [-0.2, -0.15) is 0 Å². The van der Waals surface area contributed by atoms with Gasteiger partial charge in [0.2, 0.25) is 5.91 Å². The third-order valence-corrected chi connectivity index (χ3v) is 4.16. The van der Waals surface area contributed by atoms with Crippen LogP contribution in [0.5, 0.6) is 0 Å². The van der Waals surface area contributed by atoms with Gasteiger partial charge in [0.05, 0.1) is 12.7 Å². The van der Waals surface area contributed by atoms with Crippen LogP contribution < -0.4 is 5.32 Å². The maximum atomic E-state index is 12.9. The Labute approximate surface area is 139 Å². The molecule has 5 nitrogen and oxygen atoms in total. The van der Waals surface area contributed by atoms with E-state index in [9.17, 15) is 14.0 Å². The molecule has 6 heteroatoms. The summed E-state index contributed by atoms with van der Waals surface area (Å²) in [6, 6.07) is 9.31. The number of hydrogen-bond donors (Lipinski definition) is 1.